The molecule has 0 saturated heterocycles. The lowest BCUT2D eigenvalue weighted by Crippen LogP contribution is -2.15. The molecule has 0 aliphatic carbocycles. The third kappa shape index (κ3) is 4.21. The smallest absolute Gasteiger partial charge is 0.138 e. The summed E-state index contributed by atoms with van der Waals surface area (Å²) >= 11 is 3.53. The number of hydrogen-bond acceptors (Lipinski definition) is 3. The number of hydrogen-bond donors (Lipinski definition) is 1. The highest BCUT2D eigenvalue weighted by Crippen LogP contribution is 2.22. The van der Waals surface area contributed by atoms with Gasteiger partial charge in [0.1, 0.15) is 5.78 Å². The third-order valence-corrected chi connectivity index (χ3v) is 3.90. The molecule has 0 aliphatic rings. The first kappa shape index (κ1) is 15.4. The zero-order chi connectivity index (χ0) is 13.7. The first-order valence-electron chi connectivity index (χ1n) is 6.43. The largest absolute Gasteiger partial charge is 0.328 e. The van der Waals surface area contributed by atoms with Gasteiger partial charge in [-0.25, -0.2) is 0 Å². The second kappa shape index (κ2) is 7.04. The van der Waals surface area contributed by atoms with E-state index in [4.69, 9.17) is 5.73 Å². The lowest BCUT2D eigenvalue weighted by atomic mass is 10.1. The molecule has 0 radical (unpaired) electrons. The summed E-state index contributed by atoms with van der Waals surface area (Å²) in [5.74, 6) is 0.252. The maximum absolute atomic E-state index is 11.9. The fourth-order valence-corrected chi connectivity index (χ4v) is 2.66. The molecule has 0 spiro atoms. The SMILES string of the molecule is CCc1nn(C)c(CC(=O)CCCC(C)N)c1Br. The topological polar surface area (TPSA) is 60.9 Å². The van der Waals surface area contributed by atoms with Gasteiger partial charge in [-0.05, 0) is 42.1 Å². The molecule has 102 valence electrons. The van der Waals surface area contributed by atoms with Gasteiger partial charge in [0.25, 0.3) is 0 Å². The van der Waals surface area contributed by atoms with E-state index in [2.05, 4.69) is 28.0 Å². The summed E-state index contributed by atoms with van der Waals surface area (Å²) in [5.41, 5.74) is 7.65. The van der Waals surface area contributed by atoms with Crippen LogP contribution < -0.4 is 5.73 Å². The Morgan fingerprint density at radius 2 is 2.22 bits per heavy atom. The van der Waals surface area contributed by atoms with E-state index in [0.29, 0.717) is 12.8 Å². The minimum atomic E-state index is 0.174. The number of aryl methyl sites for hydroxylation is 2. The number of carbonyl (C=O) groups is 1. The minimum absolute atomic E-state index is 0.174. The van der Waals surface area contributed by atoms with Crippen molar-refractivity contribution in [2.24, 2.45) is 12.8 Å². The summed E-state index contributed by atoms with van der Waals surface area (Å²) in [7, 11) is 1.88. The van der Waals surface area contributed by atoms with E-state index in [1.807, 2.05) is 14.0 Å². The maximum atomic E-state index is 11.9. The van der Waals surface area contributed by atoms with Gasteiger partial charge >= 0.3 is 0 Å². The van der Waals surface area contributed by atoms with E-state index in [1.165, 1.54) is 0 Å². The van der Waals surface area contributed by atoms with E-state index >= 15 is 0 Å². The normalized spacial score (nSPS) is 12.7. The molecule has 1 aromatic rings. The maximum Gasteiger partial charge on any atom is 0.138 e. The number of ketones is 1. The molecule has 1 rings (SSSR count). The monoisotopic (exact) mass is 315 g/mol. The van der Waals surface area contributed by atoms with Crippen LogP contribution in [0.2, 0.25) is 0 Å². The minimum Gasteiger partial charge on any atom is -0.328 e. The van der Waals surface area contributed by atoms with E-state index in [-0.39, 0.29) is 11.8 Å². The van der Waals surface area contributed by atoms with Gasteiger partial charge in [-0.2, -0.15) is 5.10 Å². The Bertz CT molecular complexity index is 413. The molecule has 0 bridgehead atoms. The molecule has 0 aliphatic heterocycles. The Morgan fingerprint density at radius 3 is 2.72 bits per heavy atom. The van der Waals surface area contributed by atoms with Crippen molar-refractivity contribution in [3.05, 3.63) is 15.9 Å². The van der Waals surface area contributed by atoms with Gasteiger partial charge < -0.3 is 5.73 Å². The summed E-state index contributed by atoms with van der Waals surface area (Å²) in [6, 6.07) is 0.174. The lowest BCUT2D eigenvalue weighted by Gasteiger charge is -2.05. The molecule has 0 fully saturated rings. The first-order valence-corrected chi connectivity index (χ1v) is 7.22. The number of rotatable bonds is 7. The fourth-order valence-electron chi connectivity index (χ4n) is 1.91. The Hall–Kier alpha value is -0.680. The molecule has 1 unspecified atom stereocenters. The Kier molecular flexibility index (Phi) is 6.02. The van der Waals surface area contributed by atoms with Crippen molar-refractivity contribution >= 4 is 21.7 Å². The quantitative estimate of drug-likeness (QED) is 0.840. The van der Waals surface area contributed by atoms with Crippen LogP contribution in [0.15, 0.2) is 4.47 Å². The summed E-state index contributed by atoms with van der Waals surface area (Å²) < 4.78 is 2.78. The van der Waals surface area contributed by atoms with Crippen LogP contribution in [-0.2, 0) is 24.7 Å². The zero-order valence-corrected chi connectivity index (χ0v) is 13.0. The number of halogens is 1. The zero-order valence-electron chi connectivity index (χ0n) is 11.4. The van der Waals surface area contributed by atoms with Crippen LogP contribution >= 0.6 is 15.9 Å². The molecule has 18 heavy (non-hydrogen) atoms. The van der Waals surface area contributed by atoms with Crippen LogP contribution in [0.4, 0.5) is 0 Å². The number of Topliss-reactive ketones (excluding diaryl/α,β-unsaturated/α-hetero) is 1. The number of carbonyl (C=O) groups excluding carboxylic acids is 1. The van der Waals surface area contributed by atoms with Crippen molar-refractivity contribution in [3.8, 4) is 0 Å². The third-order valence-electron chi connectivity index (χ3n) is 2.98. The average Bonchev–Trinajstić information content (AvgIpc) is 2.56. The molecule has 2 N–H and O–H groups in total. The van der Waals surface area contributed by atoms with Crippen molar-refractivity contribution in [1.82, 2.24) is 9.78 Å². The van der Waals surface area contributed by atoms with Crippen LogP contribution in [0.3, 0.4) is 0 Å². The molecule has 1 aromatic heterocycles. The highest BCUT2D eigenvalue weighted by atomic mass is 79.9. The van der Waals surface area contributed by atoms with Crippen molar-refractivity contribution in [2.45, 2.75) is 52.0 Å². The predicted octanol–water partition coefficient (Wildman–Crippen LogP) is 2.37. The van der Waals surface area contributed by atoms with Gasteiger partial charge in [0.2, 0.25) is 0 Å². The van der Waals surface area contributed by atoms with Gasteiger partial charge in [0.15, 0.2) is 0 Å². The fraction of sp³-hybridized carbons (Fsp3) is 0.692. The highest BCUT2D eigenvalue weighted by Gasteiger charge is 2.15. The molecule has 4 nitrogen and oxygen atoms in total. The molecular weight excluding hydrogens is 294 g/mol. The van der Waals surface area contributed by atoms with Gasteiger partial charge in [-0.1, -0.05) is 6.92 Å². The van der Waals surface area contributed by atoms with Gasteiger partial charge in [0.05, 0.1) is 15.9 Å². The molecule has 1 heterocycles. The van der Waals surface area contributed by atoms with Crippen molar-refractivity contribution in [1.29, 1.82) is 0 Å². The Morgan fingerprint density at radius 1 is 1.56 bits per heavy atom. The van der Waals surface area contributed by atoms with E-state index in [0.717, 1.165) is 35.1 Å². The molecular formula is C13H22BrN3O. The summed E-state index contributed by atoms with van der Waals surface area (Å²) in [5, 5.41) is 4.39. The Labute approximate surface area is 117 Å². The molecule has 0 saturated carbocycles. The average molecular weight is 316 g/mol. The van der Waals surface area contributed by atoms with Crippen LogP contribution in [0.5, 0.6) is 0 Å². The highest BCUT2D eigenvalue weighted by molar-refractivity contribution is 9.10. The van der Waals surface area contributed by atoms with E-state index < -0.39 is 0 Å². The summed E-state index contributed by atoms with van der Waals surface area (Å²) in [4.78, 5) is 11.9. The van der Waals surface area contributed by atoms with Crippen LogP contribution in [0.1, 0.15) is 44.5 Å². The second-order valence-corrected chi connectivity index (χ2v) is 5.56. The van der Waals surface area contributed by atoms with Crippen molar-refractivity contribution in [3.63, 3.8) is 0 Å². The van der Waals surface area contributed by atoms with Crippen molar-refractivity contribution < 1.29 is 4.79 Å². The van der Waals surface area contributed by atoms with Crippen LogP contribution in [0.25, 0.3) is 0 Å². The number of aromatic nitrogens is 2. The first-order chi connectivity index (χ1) is 8.45. The van der Waals surface area contributed by atoms with Crippen molar-refractivity contribution in [2.75, 3.05) is 0 Å². The standard InChI is InChI=1S/C13H22BrN3O/c1-4-11-13(14)12(17(3)16-11)8-10(18)7-5-6-9(2)15/h9H,4-8,15H2,1-3H3. The van der Waals surface area contributed by atoms with Gasteiger partial charge in [-0.15, -0.1) is 0 Å². The molecule has 1 atom stereocenters. The van der Waals surface area contributed by atoms with Gasteiger partial charge in [0, 0.05) is 25.9 Å². The molecule has 0 amide bonds. The Balaban J connectivity index is 2.56. The van der Waals surface area contributed by atoms with E-state index in [9.17, 15) is 4.79 Å². The van der Waals surface area contributed by atoms with Gasteiger partial charge in [-0.3, -0.25) is 9.48 Å². The second-order valence-electron chi connectivity index (χ2n) is 4.77. The lowest BCUT2D eigenvalue weighted by molar-refractivity contribution is -0.118. The molecule has 5 heteroatoms. The summed E-state index contributed by atoms with van der Waals surface area (Å²) in [6.07, 6.45) is 3.68. The number of nitrogens with two attached hydrogens (primary N) is 1. The van der Waals surface area contributed by atoms with E-state index in [1.54, 1.807) is 4.68 Å². The van der Waals surface area contributed by atoms with Crippen LogP contribution in [0, 0.1) is 0 Å². The predicted molar refractivity (Wildman–Crippen MR) is 76.5 cm³/mol. The molecule has 0 aromatic carbocycles. The summed E-state index contributed by atoms with van der Waals surface area (Å²) in [6.45, 7) is 4.02. The number of nitrogens with zero attached hydrogens (tertiary/aromatic N) is 2. The van der Waals surface area contributed by atoms with Crippen LogP contribution in [-0.4, -0.2) is 21.6 Å².